The number of benzene rings is 1. The predicted molar refractivity (Wildman–Crippen MR) is 94.7 cm³/mol. The Labute approximate surface area is 148 Å². The second-order valence-corrected chi connectivity index (χ2v) is 8.49. The van der Waals surface area contributed by atoms with E-state index in [1.807, 2.05) is 0 Å². The highest BCUT2D eigenvalue weighted by Crippen LogP contribution is 2.21. The fraction of sp³-hybridized carbons (Fsp3) is 0.529. The van der Waals surface area contributed by atoms with E-state index in [0.29, 0.717) is 24.9 Å². The Morgan fingerprint density at radius 3 is 2.40 bits per heavy atom. The van der Waals surface area contributed by atoms with E-state index < -0.39 is 16.0 Å². The molecule has 0 radical (unpaired) electrons. The van der Waals surface area contributed by atoms with Crippen LogP contribution >= 0.6 is 0 Å². The zero-order valence-corrected chi connectivity index (χ0v) is 15.5. The maximum absolute atomic E-state index is 12.3. The van der Waals surface area contributed by atoms with Crippen molar-refractivity contribution in [2.75, 3.05) is 30.7 Å². The summed E-state index contributed by atoms with van der Waals surface area (Å²) in [5.74, 6) is -0.135. The lowest BCUT2D eigenvalue weighted by Crippen LogP contribution is -2.44. The average molecular weight is 368 g/mol. The number of sulfonamides is 1. The van der Waals surface area contributed by atoms with E-state index in [1.165, 1.54) is 12.1 Å². The molecule has 0 aliphatic carbocycles. The van der Waals surface area contributed by atoms with Crippen LogP contribution in [0.2, 0.25) is 0 Å². The number of hydrogen-bond donors (Lipinski definition) is 1. The lowest BCUT2D eigenvalue weighted by molar-refractivity contribution is -0.137. The SMILES string of the molecule is C[C@H]1C[C@H](C)CN(C(=O)COC(=O)c2ccccc2NS(C)(=O)=O)C1. The van der Waals surface area contributed by atoms with Gasteiger partial charge in [0.25, 0.3) is 5.91 Å². The normalized spacial score (nSPS) is 20.8. The molecule has 2 rings (SSSR count). The van der Waals surface area contributed by atoms with Crippen LogP contribution in [-0.4, -0.2) is 51.1 Å². The Bertz CT molecular complexity index is 737. The van der Waals surface area contributed by atoms with Crippen molar-refractivity contribution < 1.29 is 22.7 Å². The van der Waals surface area contributed by atoms with Gasteiger partial charge in [0, 0.05) is 13.1 Å². The number of para-hydroxylation sites is 1. The van der Waals surface area contributed by atoms with Gasteiger partial charge in [-0.15, -0.1) is 0 Å². The molecule has 1 fully saturated rings. The summed E-state index contributed by atoms with van der Waals surface area (Å²) in [5.41, 5.74) is 0.198. The molecule has 0 saturated carbocycles. The molecule has 1 amide bonds. The number of amides is 1. The van der Waals surface area contributed by atoms with Gasteiger partial charge in [-0.25, -0.2) is 13.2 Å². The number of anilines is 1. The first-order chi connectivity index (χ1) is 11.7. The molecule has 1 saturated heterocycles. The van der Waals surface area contributed by atoms with E-state index in [2.05, 4.69) is 18.6 Å². The van der Waals surface area contributed by atoms with Crippen molar-refractivity contribution >= 4 is 27.6 Å². The molecular formula is C17H24N2O5S. The maximum atomic E-state index is 12.3. The molecule has 0 aromatic heterocycles. The van der Waals surface area contributed by atoms with Gasteiger partial charge in [0.2, 0.25) is 10.0 Å². The number of piperidine rings is 1. The standard InChI is InChI=1S/C17H24N2O5S/c1-12-8-13(2)10-19(9-12)16(20)11-24-17(21)14-6-4-5-7-15(14)18-25(3,22)23/h4-7,12-13,18H,8-11H2,1-3H3/t12-,13-/m0/s1. The van der Waals surface area contributed by atoms with E-state index in [-0.39, 0.29) is 23.8 Å². The number of esters is 1. The molecule has 1 aromatic carbocycles. The van der Waals surface area contributed by atoms with Crippen molar-refractivity contribution in [3.8, 4) is 0 Å². The van der Waals surface area contributed by atoms with Crippen molar-refractivity contribution in [2.45, 2.75) is 20.3 Å². The first kappa shape index (κ1) is 19.2. The van der Waals surface area contributed by atoms with Crippen LogP contribution in [0.4, 0.5) is 5.69 Å². The summed E-state index contributed by atoms with van der Waals surface area (Å²) in [6.07, 6.45) is 2.07. The fourth-order valence-corrected chi connectivity index (χ4v) is 3.69. The van der Waals surface area contributed by atoms with Crippen LogP contribution in [0.1, 0.15) is 30.6 Å². The van der Waals surface area contributed by atoms with Crippen molar-refractivity contribution in [2.24, 2.45) is 11.8 Å². The Balaban J connectivity index is 2.00. The van der Waals surface area contributed by atoms with E-state index in [9.17, 15) is 18.0 Å². The zero-order valence-electron chi connectivity index (χ0n) is 14.7. The van der Waals surface area contributed by atoms with Gasteiger partial charge in [0.1, 0.15) is 0 Å². The van der Waals surface area contributed by atoms with Crippen LogP contribution in [0.5, 0.6) is 0 Å². The Morgan fingerprint density at radius 1 is 1.20 bits per heavy atom. The highest BCUT2D eigenvalue weighted by Gasteiger charge is 2.26. The molecular weight excluding hydrogens is 344 g/mol. The molecule has 138 valence electrons. The lowest BCUT2D eigenvalue weighted by Gasteiger charge is -2.34. The third-order valence-corrected chi connectivity index (χ3v) is 4.58. The van der Waals surface area contributed by atoms with Crippen LogP contribution in [0.25, 0.3) is 0 Å². The summed E-state index contributed by atoms with van der Waals surface area (Å²) < 4.78 is 30.1. The van der Waals surface area contributed by atoms with Gasteiger partial charge in [-0.1, -0.05) is 26.0 Å². The molecule has 2 atom stereocenters. The van der Waals surface area contributed by atoms with Gasteiger partial charge >= 0.3 is 5.97 Å². The number of nitrogens with one attached hydrogen (secondary N) is 1. The van der Waals surface area contributed by atoms with E-state index in [1.54, 1.807) is 17.0 Å². The number of hydrogen-bond acceptors (Lipinski definition) is 5. The van der Waals surface area contributed by atoms with E-state index in [4.69, 9.17) is 4.74 Å². The van der Waals surface area contributed by atoms with E-state index in [0.717, 1.165) is 12.7 Å². The second kappa shape index (κ2) is 7.86. The molecule has 0 unspecified atom stereocenters. The van der Waals surface area contributed by atoms with E-state index >= 15 is 0 Å². The number of carbonyl (C=O) groups excluding carboxylic acids is 2. The highest BCUT2D eigenvalue weighted by molar-refractivity contribution is 7.92. The summed E-state index contributed by atoms with van der Waals surface area (Å²) in [6, 6.07) is 6.12. The molecule has 1 heterocycles. The zero-order chi connectivity index (χ0) is 18.6. The fourth-order valence-electron chi connectivity index (χ4n) is 3.11. The minimum Gasteiger partial charge on any atom is -0.452 e. The van der Waals surface area contributed by atoms with Crippen molar-refractivity contribution in [1.82, 2.24) is 4.90 Å². The summed E-state index contributed by atoms with van der Waals surface area (Å²) in [5, 5.41) is 0. The third kappa shape index (κ3) is 5.74. The summed E-state index contributed by atoms with van der Waals surface area (Å²) in [7, 11) is -3.53. The molecule has 1 N–H and O–H groups in total. The van der Waals surface area contributed by atoms with Gasteiger partial charge in [-0.2, -0.15) is 0 Å². The molecule has 1 aliphatic heterocycles. The first-order valence-electron chi connectivity index (χ1n) is 8.17. The Hall–Kier alpha value is -2.09. The monoisotopic (exact) mass is 368 g/mol. The summed E-state index contributed by atoms with van der Waals surface area (Å²) >= 11 is 0. The van der Waals surface area contributed by atoms with Crippen LogP contribution in [0.3, 0.4) is 0 Å². The van der Waals surface area contributed by atoms with Crippen molar-refractivity contribution in [3.63, 3.8) is 0 Å². The minimum absolute atomic E-state index is 0.0705. The topological polar surface area (TPSA) is 92.8 Å². The molecule has 0 bridgehead atoms. The van der Waals surface area contributed by atoms with Gasteiger partial charge in [0.15, 0.2) is 6.61 Å². The van der Waals surface area contributed by atoms with Gasteiger partial charge in [0.05, 0.1) is 17.5 Å². The number of nitrogens with zero attached hydrogens (tertiary/aromatic N) is 1. The molecule has 1 aliphatic rings. The predicted octanol–water partition coefficient (Wildman–Crippen LogP) is 1.72. The Kier molecular flexibility index (Phi) is 6.05. The molecule has 7 nitrogen and oxygen atoms in total. The minimum atomic E-state index is -3.53. The number of rotatable bonds is 5. The molecule has 1 aromatic rings. The molecule has 25 heavy (non-hydrogen) atoms. The quantitative estimate of drug-likeness (QED) is 0.799. The second-order valence-electron chi connectivity index (χ2n) is 6.74. The van der Waals surface area contributed by atoms with Gasteiger partial charge in [-0.05, 0) is 30.4 Å². The van der Waals surface area contributed by atoms with Crippen molar-refractivity contribution in [3.05, 3.63) is 29.8 Å². The number of ether oxygens (including phenoxy) is 1. The van der Waals surface area contributed by atoms with Crippen molar-refractivity contribution in [1.29, 1.82) is 0 Å². The van der Waals surface area contributed by atoms with Crippen LogP contribution in [-0.2, 0) is 19.6 Å². The van der Waals surface area contributed by atoms with Gasteiger partial charge < -0.3 is 9.64 Å². The van der Waals surface area contributed by atoms with Gasteiger partial charge in [-0.3, -0.25) is 9.52 Å². The number of likely N-dealkylation sites (tertiary alicyclic amines) is 1. The van der Waals surface area contributed by atoms with Crippen LogP contribution in [0.15, 0.2) is 24.3 Å². The smallest absolute Gasteiger partial charge is 0.340 e. The third-order valence-electron chi connectivity index (χ3n) is 3.99. The molecule has 0 spiro atoms. The largest absolute Gasteiger partial charge is 0.452 e. The molecule has 8 heteroatoms. The summed E-state index contributed by atoms with van der Waals surface area (Å²) in [4.78, 5) is 26.2. The lowest BCUT2D eigenvalue weighted by atomic mass is 9.92. The van der Waals surface area contributed by atoms with Crippen LogP contribution < -0.4 is 4.72 Å². The maximum Gasteiger partial charge on any atom is 0.340 e. The summed E-state index contributed by atoms with van der Waals surface area (Å²) in [6.45, 7) is 5.15. The number of carbonyl (C=O) groups is 2. The first-order valence-corrected chi connectivity index (χ1v) is 10.1. The average Bonchev–Trinajstić information content (AvgIpc) is 2.50. The Morgan fingerprint density at radius 2 is 1.80 bits per heavy atom. The van der Waals surface area contributed by atoms with Crippen LogP contribution in [0, 0.1) is 11.8 Å². The highest BCUT2D eigenvalue weighted by atomic mass is 32.2.